The number of amides is 1. The molecular weight excluding hydrogens is 314 g/mol. The zero-order valence-electron chi connectivity index (χ0n) is 13.7. The third-order valence-electron chi connectivity index (χ3n) is 4.27. The fourth-order valence-electron chi connectivity index (χ4n) is 2.96. The van der Waals surface area contributed by atoms with Gasteiger partial charge < -0.3 is 10.2 Å². The van der Waals surface area contributed by atoms with Crippen LogP contribution in [0.15, 0.2) is 29.2 Å². The first-order chi connectivity index (χ1) is 11.0. The average molecular weight is 339 g/mol. The molecule has 0 aliphatic carbocycles. The Morgan fingerprint density at radius 3 is 2.57 bits per heavy atom. The maximum absolute atomic E-state index is 12.4. The summed E-state index contributed by atoms with van der Waals surface area (Å²) in [7, 11) is -0.112. The summed E-state index contributed by atoms with van der Waals surface area (Å²) in [5, 5.41) is 3.14. The van der Waals surface area contributed by atoms with Gasteiger partial charge in [-0.15, -0.1) is 0 Å². The molecule has 6 nitrogen and oxygen atoms in total. The molecule has 0 bridgehead atoms. The Kier molecular flexibility index (Phi) is 6.15. The monoisotopic (exact) mass is 339 g/mol. The lowest BCUT2D eigenvalue weighted by Crippen LogP contribution is -2.40. The minimum atomic E-state index is -3.41. The Morgan fingerprint density at radius 2 is 1.96 bits per heavy atom. The number of carbonyl (C=O) groups is 1. The van der Waals surface area contributed by atoms with Gasteiger partial charge in [0.05, 0.1) is 4.90 Å². The first-order valence-electron chi connectivity index (χ1n) is 7.94. The van der Waals surface area contributed by atoms with E-state index in [2.05, 4.69) is 10.0 Å². The molecule has 23 heavy (non-hydrogen) atoms. The maximum Gasteiger partial charge on any atom is 0.240 e. The quantitative estimate of drug-likeness (QED) is 0.768. The molecule has 1 fully saturated rings. The number of hydrogen-bond acceptors (Lipinski definition) is 4. The number of likely N-dealkylation sites (tertiary alicyclic amines) is 1. The van der Waals surface area contributed by atoms with Gasteiger partial charge in [-0.25, -0.2) is 13.1 Å². The molecule has 1 aliphatic heterocycles. The summed E-state index contributed by atoms with van der Waals surface area (Å²) in [6, 6.07) is 6.99. The number of nitrogens with zero attached hydrogens (tertiary/aromatic N) is 1. The predicted octanol–water partition coefficient (Wildman–Crippen LogP) is 0.738. The summed E-state index contributed by atoms with van der Waals surface area (Å²) >= 11 is 0. The fraction of sp³-hybridized carbons (Fsp3) is 0.562. The molecule has 1 atom stereocenters. The third-order valence-corrected chi connectivity index (χ3v) is 5.70. The Balaban J connectivity index is 1.92. The molecule has 1 amide bonds. The summed E-state index contributed by atoms with van der Waals surface area (Å²) in [4.78, 5) is 14.6. The van der Waals surface area contributed by atoms with E-state index in [-0.39, 0.29) is 10.8 Å². The van der Waals surface area contributed by atoms with Gasteiger partial charge in [-0.05, 0) is 51.1 Å². The molecule has 1 unspecified atom stereocenters. The van der Waals surface area contributed by atoms with E-state index in [1.165, 1.54) is 7.05 Å². The molecule has 1 aromatic carbocycles. The number of likely N-dealkylation sites (N-methyl/N-ethyl adjacent to an activating group) is 1. The van der Waals surface area contributed by atoms with Crippen molar-refractivity contribution in [3.05, 3.63) is 29.8 Å². The van der Waals surface area contributed by atoms with Gasteiger partial charge >= 0.3 is 0 Å². The fourth-order valence-corrected chi connectivity index (χ4v) is 3.69. The van der Waals surface area contributed by atoms with Crippen molar-refractivity contribution < 1.29 is 13.2 Å². The summed E-state index contributed by atoms with van der Waals surface area (Å²) in [5.74, 6) is 0.176. The van der Waals surface area contributed by atoms with Crippen LogP contribution in [0.4, 0.5) is 0 Å². The molecular formula is C16H25N3O3S. The van der Waals surface area contributed by atoms with Crippen molar-refractivity contribution in [3.8, 4) is 0 Å². The van der Waals surface area contributed by atoms with Crippen LogP contribution >= 0.6 is 0 Å². The third kappa shape index (κ3) is 4.53. The number of aryl methyl sites for hydroxylation is 1. The normalized spacial score (nSPS) is 18.3. The minimum absolute atomic E-state index is 0.176. The molecule has 1 aliphatic rings. The van der Waals surface area contributed by atoms with Gasteiger partial charge in [-0.3, -0.25) is 4.79 Å². The molecule has 7 heteroatoms. The first-order valence-corrected chi connectivity index (χ1v) is 9.43. The molecule has 0 radical (unpaired) electrons. The summed E-state index contributed by atoms with van der Waals surface area (Å²) in [5.41, 5.74) is 0.970. The van der Waals surface area contributed by atoms with E-state index >= 15 is 0 Å². The van der Waals surface area contributed by atoms with Gasteiger partial charge in [-0.1, -0.05) is 12.1 Å². The van der Waals surface area contributed by atoms with E-state index in [9.17, 15) is 13.2 Å². The summed E-state index contributed by atoms with van der Waals surface area (Å²) in [6.07, 6.45) is 3.21. The van der Waals surface area contributed by atoms with E-state index in [1.54, 1.807) is 24.3 Å². The van der Waals surface area contributed by atoms with E-state index in [0.29, 0.717) is 18.9 Å². The lowest BCUT2D eigenvalue weighted by Gasteiger charge is -2.24. The highest BCUT2D eigenvalue weighted by molar-refractivity contribution is 7.89. The van der Waals surface area contributed by atoms with Crippen LogP contribution in [0.3, 0.4) is 0 Å². The molecule has 1 aromatic rings. The van der Waals surface area contributed by atoms with Crippen LogP contribution < -0.4 is 10.0 Å². The molecule has 0 saturated carbocycles. The Morgan fingerprint density at radius 1 is 1.26 bits per heavy atom. The number of rotatable bonds is 7. The van der Waals surface area contributed by atoms with Crippen molar-refractivity contribution in [1.82, 2.24) is 14.9 Å². The van der Waals surface area contributed by atoms with Gasteiger partial charge in [0.2, 0.25) is 15.9 Å². The van der Waals surface area contributed by atoms with Crippen LogP contribution in [0.25, 0.3) is 0 Å². The molecule has 2 N–H and O–H groups in total. The number of benzene rings is 1. The van der Waals surface area contributed by atoms with Crippen molar-refractivity contribution in [3.63, 3.8) is 0 Å². The van der Waals surface area contributed by atoms with Crippen molar-refractivity contribution >= 4 is 15.9 Å². The number of nitrogens with one attached hydrogen (secondary N) is 2. The highest BCUT2D eigenvalue weighted by Gasteiger charge is 2.27. The second-order valence-electron chi connectivity index (χ2n) is 5.79. The number of hydrogen-bond donors (Lipinski definition) is 2. The second kappa shape index (κ2) is 7.90. The van der Waals surface area contributed by atoms with Crippen molar-refractivity contribution in [2.24, 2.45) is 0 Å². The lowest BCUT2D eigenvalue weighted by atomic mass is 10.1. The van der Waals surface area contributed by atoms with Crippen LogP contribution in [0.1, 0.15) is 24.8 Å². The Hall–Kier alpha value is -1.44. The molecule has 0 aromatic heterocycles. The molecule has 0 spiro atoms. The van der Waals surface area contributed by atoms with Gasteiger partial charge in [0.15, 0.2) is 0 Å². The van der Waals surface area contributed by atoms with E-state index in [4.69, 9.17) is 0 Å². The summed E-state index contributed by atoms with van der Waals surface area (Å²) in [6.45, 7) is 1.67. The topological polar surface area (TPSA) is 78.5 Å². The van der Waals surface area contributed by atoms with E-state index in [1.807, 2.05) is 11.9 Å². The highest BCUT2D eigenvalue weighted by Crippen LogP contribution is 2.19. The van der Waals surface area contributed by atoms with Crippen molar-refractivity contribution in [2.45, 2.75) is 36.6 Å². The van der Waals surface area contributed by atoms with Crippen molar-refractivity contribution in [2.75, 3.05) is 27.2 Å². The number of carbonyl (C=O) groups excluding carboxylic acids is 1. The largest absolute Gasteiger partial charge is 0.338 e. The van der Waals surface area contributed by atoms with Gasteiger partial charge in [0.1, 0.15) is 0 Å². The van der Waals surface area contributed by atoms with Gasteiger partial charge in [0, 0.05) is 25.6 Å². The zero-order chi connectivity index (χ0) is 16.9. The van der Waals surface area contributed by atoms with Gasteiger partial charge in [0.25, 0.3) is 0 Å². The average Bonchev–Trinajstić information content (AvgIpc) is 3.02. The van der Waals surface area contributed by atoms with Crippen LogP contribution in [0.2, 0.25) is 0 Å². The second-order valence-corrected chi connectivity index (χ2v) is 7.68. The lowest BCUT2D eigenvalue weighted by molar-refractivity contribution is -0.131. The van der Waals surface area contributed by atoms with Crippen LogP contribution in [0.5, 0.6) is 0 Å². The van der Waals surface area contributed by atoms with Crippen LogP contribution in [-0.2, 0) is 21.2 Å². The highest BCUT2D eigenvalue weighted by atomic mass is 32.2. The smallest absolute Gasteiger partial charge is 0.240 e. The predicted molar refractivity (Wildman–Crippen MR) is 89.7 cm³/mol. The standard InChI is InChI=1S/C16H25N3O3S/c1-17-12-14-4-3-11-19(14)16(20)10-7-13-5-8-15(9-6-13)23(21,22)18-2/h5-6,8-9,14,17-18H,3-4,7,10-12H2,1-2H3. The zero-order valence-corrected chi connectivity index (χ0v) is 14.5. The van der Waals surface area contributed by atoms with E-state index < -0.39 is 10.0 Å². The van der Waals surface area contributed by atoms with Crippen LogP contribution in [0, 0.1) is 0 Å². The molecule has 1 saturated heterocycles. The van der Waals surface area contributed by atoms with Crippen LogP contribution in [-0.4, -0.2) is 52.5 Å². The van der Waals surface area contributed by atoms with Gasteiger partial charge in [-0.2, -0.15) is 0 Å². The van der Waals surface area contributed by atoms with Crippen molar-refractivity contribution in [1.29, 1.82) is 0 Å². The Labute approximate surface area is 138 Å². The molecule has 128 valence electrons. The summed E-state index contributed by atoms with van der Waals surface area (Å²) < 4.78 is 25.6. The first kappa shape index (κ1) is 17.9. The Bertz CT molecular complexity index is 628. The number of sulfonamides is 1. The maximum atomic E-state index is 12.4. The molecule has 1 heterocycles. The SMILES string of the molecule is CNCC1CCCN1C(=O)CCc1ccc(S(=O)(=O)NC)cc1. The molecule has 2 rings (SSSR count). The minimum Gasteiger partial charge on any atom is -0.338 e. The van der Waals surface area contributed by atoms with E-state index in [0.717, 1.165) is 31.5 Å².